The first-order chi connectivity index (χ1) is 13.8. The van der Waals surface area contributed by atoms with Crippen LogP contribution >= 0.6 is 23.4 Å². The Hall–Kier alpha value is -1.81. The molecule has 2 amide bonds. The van der Waals surface area contributed by atoms with E-state index in [1.54, 1.807) is 12.5 Å². The van der Waals surface area contributed by atoms with Gasteiger partial charge in [-0.3, -0.25) is 24.5 Å². The van der Waals surface area contributed by atoms with Crippen molar-refractivity contribution >= 4 is 40.7 Å². The van der Waals surface area contributed by atoms with E-state index in [0.29, 0.717) is 0 Å². The Bertz CT molecular complexity index is 715. The lowest BCUT2D eigenvalue weighted by molar-refractivity contribution is -0.142. The molecule has 2 unspecified atom stereocenters. The van der Waals surface area contributed by atoms with Gasteiger partial charge in [-0.15, -0.1) is 23.4 Å². The number of aromatic nitrogens is 2. The van der Waals surface area contributed by atoms with Crippen molar-refractivity contribution < 1.29 is 18.4 Å². The van der Waals surface area contributed by atoms with Crippen molar-refractivity contribution in [2.45, 2.75) is 56.8 Å². The molecule has 0 radical (unpaired) electrons. The summed E-state index contributed by atoms with van der Waals surface area (Å²) in [5.74, 6) is -4.07. The number of hydrogen-bond donors (Lipinski definition) is 1. The third-order valence-electron chi connectivity index (χ3n) is 4.64. The molecule has 0 bridgehead atoms. The molecule has 160 valence electrons. The van der Waals surface area contributed by atoms with Crippen LogP contribution in [0.3, 0.4) is 0 Å². The van der Waals surface area contributed by atoms with Gasteiger partial charge in [0.15, 0.2) is 6.04 Å². The number of nitrogens with one attached hydrogen (secondary N) is 1. The maximum atomic E-state index is 13.4. The van der Waals surface area contributed by atoms with E-state index in [9.17, 15) is 18.4 Å². The highest BCUT2D eigenvalue weighted by Crippen LogP contribution is 2.33. The maximum Gasteiger partial charge on any atom is 0.249 e. The van der Waals surface area contributed by atoms with E-state index in [2.05, 4.69) is 20.3 Å². The van der Waals surface area contributed by atoms with E-state index in [1.165, 1.54) is 35.3 Å². The summed E-state index contributed by atoms with van der Waals surface area (Å²) in [7, 11) is 0. The van der Waals surface area contributed by atoms with Gasteiger partial charge >= 0.3 is 0 Å². The first-order valence-electron chi connectivity index (χ1n) is 9.14. The summed E-state index contributed by atoms with van der Waals surface area (Å²) in [6.07, 6.45) is 5.13. The molecule has 1 aromatic heterocycles. The van der Waals surface area contributed by atoms with Gasteiger partial charge in [0, 0.05) is 31.3 Å². The van der Waals surface area contributed by atoms with Gasteiger partial charge in [0.05, 0.1) is 17.4 Å². The van der Waals surface area contributed by atoms with Gasteiger partial charge in [0.25, 0.3) is 0 Å². The average molecular weight is 448 g/mol. The molecule has 2 rings (SSSR count). The lowest BCUT2D eigenvalue weighted by Crippen LogP contribution is -2.51. The predicted molar refractivity (Wildman–Crippen MR) is 109 cm³/mol. The van der Waals surface area contributed by atoms with Crippen LogP contribution in [0.1, 0.15) is 44.3 Å². The van der Waals surface area contributed by atoms with Crippen LogP contribution in [0, 0.1) is 0 Å². The summed E-state index contributed by atoms with van der Waals surface area (Å²) in [6, 6.07) is -1.54. The Kier molecular flexibility index (Phi) is 8.76. The molecule has 0 aromatic carbocycles. The molecule has 1 aliphatic carbocycles. The number of nitrogens with zero attached hydrogens (tertiary/aromatic N) is 4. The van der Waals surface area contributed by atoms with E-state index in [0.717, 1.165) is 0 Å². The molecule has 0 spiro atoms. The predicted octanol–water partition coefficient (Wildman–Crippen LogP) is 3.02. The Morgan fingerprint density at radius 1 is 1.45 bits per heavy atom. The summed E-state index contributed by atoms with van der Waals surface area (Å²) in [5.41, 5.74) is 1.81. The number of carbonyl (C=O) groups excluding carboxylic acids is 2. The number of rotatable bonds is 8. The van der Waals surface area contributed by atoms with Crippen LogP contribution in [-0.2, 0) is 9.59 Å². The molecular weight excluding hydrogens is 424 g/mol. The number of amides is 2. The first-order valence-corrected chi connectivity index (χ1v) is 11.0. The second-order valence-electron chi connectivity index (χ2n) is 6.73. The van der Waals surface area contributed by atoms with Crippen molar-refractivity contribution in [3.8, 4) is 0 Å². The standard InChI is InChI=1S/C18H24ClF2N5O2S/c1-12(24-11-29-2)26(15(27)9-19)16(14-10-22-7-8-23-14)17(28)25-13-3-5-18(20,21)6-4-13/h7-8,10-13,16H,3-6,9H2,1-2H3,(H,25,28). The molecule has 29 heavy (non-hydrogen) atoms. The minimum atomic E-state index is -2.70. The summed E-state index contributed by atoms with van der Waals surface area (Å²) < 4.78 is 26.9. The monoisotopic (exact) mass is 447 g/mol. The van der Waals surface area contributed by atoms with Gasteiger partial charge < -0.3 is 10.2 Å². The lowest BCUT2D eigenvalue weighted by atomic mass is 9.92. The van der Waals surface area contributed by atoms with Gasteiger partial charge in [0.1, 0.15) is 12.0 Å². The van der Waals surface area contributed by atoms with Crippen molar-refractivity contribution in [3.05, 3.63) is 24.3 Å². The Morgan fingerprint density at radius 3 is 2.69 bits per heavy atom. The summed E-state index contributed by atoms with van der Waals surface area (Å²) >= 11 is 7.13. The molecule has 1 N–H and O–H groups in total. The lowest BCUT2D eigenvalue weighted by Gasteiger charge is -2.35. The van der Waals surface area contributed by atoms with Crippen LogP contribution in [0.25, 0.3) is 0 Å². The number of halogens is 3. The molecule has 11 heteroatoms. The normalized spacial score (nSPS) is 18.9. The third kappa shape index (κ3) is 6.60. The summed E-state index contributed by atoms with van der Waals surface area (Å²) in [6.45, 7) is 1.66. The Labute approximate surface area is 177 Å². The molecule has 1 aliphatic rings. The molecule has 7 nitrogen and oxygen atoms in total. The van der Waals surface area contributed by atoms with Crippen molar-refractivity contribution in [2.75, 3.05) is 12.1 Å². The van der Waals surface area contributed by atoms with E-state index in [-0.39, 0.29) is 37.3 Å². The van der Waals surface area contributed by atoms with Gasteiger partial charge in [-0.05, 0) is 26.0 Å². The van der Waals surface area contributed by atoms with Crippen LogP contribution in [0.2, 0.25) is 0 Å². The number of carbonyl (C=O) groups is 2. The quantitative estimate of drug-likeness (QED) is 0.376. The largest absolute Gasteiger partial charge is 0.351 e. The minimum Gasteiger partial charge on any atom is -0.351 e. The Morgan fingerprint density at radius 2 is 2.14 bits per heavy atom. The Balaban J connectivity index is 2.31. The number of aliphatic imine (C=N–C) groups is 1. The fourth-order valence-electron chi connectivity index (χ4n) is 3.18. The fourth-order valence-corrected chi connectivity index (χ4v) is 3.61. The second-order valence-corrected chi connectivity index (χ2v) is 7.68. The van der Waals surface area contributed by atoms with Gasteiger partial charge in [-0.2, -0.15) is 0 Å². The zero-order valence-electron chi connectivity index (χ0n) is 16.2. The van der Waals surface area contributed by atoms with Crippen LogP contribution in [0.5, 0.6) is 0 Å². The SMILES string of the molecule is CSC=NC(C)N(C(=O)CCl)C(C(=O)NC1CCC(F)(F)CC1)c1cnccn1. The van der Waals surface area contributed by atoms with Crippen LogP contribution in [0.15, 0.2) is 23.6 Å². The van der Waals surface area contributed by atoms with Gasteiger partial charge in [0.2, 0.25) is 17.7 Å². The van der Waals surface area contributed by atoms with E-state index < -0.39 is 36.0 Å². The zero-order valence-corrected chi connectivity index (χ0v) is 17.8. The highest BCUT2D eigenvalue weighted by atomic mass is 35.5. The number of hydrogen-bond acceptors (Lipinski definition) is 6. The zero-order chi connectivity index (χ0) is 21.4. The van der Waals surface area contributed by atoms with Crippen molar-refractivity contribution in [2.24, 2.45) is 4.99 Å². The van der Waals surface area contributed by atoms with E-state index in [1.807, 2.05) is 6.26 Å². The second kappa shape index (κ2) is 10.8. The average Bonchev–Trinajstić information content (AvgIpc) is 2.71. The highest BCUT2D eigenvalue weighted by molar-refractivity contribution is 8.11. The van der Waals surface area contributed by atoms with Gasteiger partial charge in [-0.1, -0.05) is 0 Å². The van der Waals surface area contributed by atoms with Crippen LogP contribution < -0.4 is 5.32 Å². The number of thioether (sulfide) groups is 1. The van der Waals surface area contributed by atoms with Crippen molar-refractivity contribution in [1.29, 1.82) is 0 Å². The molecule has 0 saturated heterocycles. The molecule has 1 aromatic rings. The fraction of sp³-hybridized carbons (Fsp3) is 0.611. The van der Waals surface area contributed by atoms with E-state index in [4.69, 9.17) is 11.6 Å². The summed E-state index contributed by atoms with van der Waals surface area (Å²) in [4.78, 5) is 39.4. The highest BCUT2D eigenvalue weighted by Gasteiger charge is 2.39. The number of alkyl halides is 3. The third-order valence-corrected chi connectivity index (χ3v) is 5.20. The van der Waals surface area contributed by atoms with Gasteiger partial charge in [-0.25, -0.2) is 8.78 Å². The van der Waals surface area contributed by atoms with Crippen molar-refractivity contribution in [3.63, 3.8) is 0 Å². The smallest absolute Gasteiger partial charge is 0.249 e. The molecular formula is C18H24ClF2N5O2S. The maximum absolute atomic E-state index is 13.4. The topological polar surface area (TPSA) is 87.5 Å². The minimum absolute atomic E-state index is 0.162. The van der Waals surface area contributed by atoms with E-state index >= 15 is 0 Å². The summed E-state index contributed by atoms with van der Waals surface area (Å²) in [5, 5.41) is 2.79. The van der Waals surface area contributed by atoms with Crippen LogP contribution in [-0.4, -0.2) is 62.5 Å². The molecule has 0 aliphatic heterocycles. The molecule has 1 saturated carbocycles. The van der Waals surface area contributed by atoms with Crippen molar-refractivity contribution in [1.82, 2.24) is 20.2 Å². The molecule has 1 fully saturated rings. The molecule has 2 atom stereocenters. The first kappa shape index (κ1) is 23.5. The molecule has 1 heterocycles. The van der Waals surface area contributed by atoms with Crippen LogP contribution in [0.4, 0.5) is 8.78 Å².